The number of nitrogens with one attached hydrogen (secondary N) is 1. The van der Waals surface area contributed by atoms with Crippen molar-refractivity contribution in [1.29, 1.82) is 0 Å². The fraction of sp³-hybridized carbons (Fsp3) is 0.600. The lowest BCUT2D eigenvalue weighted by molar-refractivity contribution is -0.137. The van der Waals surface area contributed by atoms with Gasteiger partial charge in [0.15, 0.2) is 0 Å². The molecule has 3 rings (SSSR count). The molecule has 2 heterocycles. The molecule has 8 nitrogen and oxygen atoms in total. The lowest BCUT2D eigenvalue weighted by Crippen LogP contribution is -2.42. The van der Waals surface area contributed by atoms with E-state index in [4.69, 9.17) is 9.47 Å². The van der Waals surface area contributed by atoms with Crippen molar-refractivity contribution in [3.63, 3.8) is 0 Å². The molecule has 2 fully saturated rings. The van der Waals surface area contributed by atoms with Gasteiger partial charge in [0.2, 0.25) is 5.91 Å². The average Bonchev–Trinajstić information content (AvgIpc) is 3.27. The summed E-state index contributed by atoms with van der Waals surface area (Å²) in [6.07, 6.45) is -2.11. The summed E-state index contributed by atoms with van der Waals surface area (Å²) in [5, 5.41) is 23.2. The van der Waals surface area contributed by atoms with E-state index >= 15 is 0 Å². The second kappa shape index (κ2) is 9.47. The normalized spacial score (nSPS) is 29.8. The van der Waals surface area contributed by atoms with E-state index in [0.717, 1.165) is 12.8 Å². The number of amides is 2. The maximum absolute atomic E-state index is 12.6. The molecule has 3 N–H and O–H groups in total. The van der Waals surface area contributed by atoms with E-state index in [1.54, 1.807) is 36.3 Å². The van der Waals surface area contributed by atoms with E-state index in [0.29, 0.717) is 18.7 Å². The molecule has 1 aromatic carbocycles. The van der Waals surface area contributed by atoms with Gasteiger partial charge in [-0.1, -0.05) is 18.2 Å². The van der Waals surface area contributed by atoms with Crippen LogP contribution in [0.25, 0.3) is 0 Å². The second-order valence-corrected chi connectivity index (χ2v) is 7.31. The lowest BCUT2D eigenvalue weighted by atomic mass is 10.0. The molecule has 2 saturated heterocycles. The minimum absolute atomic E-state index is 0.0123. The predicted molar refractivity (Wildman–Crippen MR) is 101 cm³/mol. The lowest BCUT2D eigenvalue weighted by Gasteiger charge is -2.26. The topological polar surface area (TPSA) is 108 Å². The molecular weight excluding hydrogens is 364 g/mol. The number of nitrogens with zero attached hydrogens (tertiary/aromatic N) is 1. The van der Waals surface area contributed by atoms with Crippen LogP contribution in [0.15, 0.2) is 30.3 Å². The van der Waals surface area contributed by atoms with Crippen LogP contribution in [0, 0.1) is 0 Å². The first kappa shape index (κ1) is 20.7. The van der Waals surface area contributed by atoms with E-state index in [1.165, 1.54) is 0 Å². The Morgan fingerprint density at radius 1 is 1.21 bits per heavy atom. The van der Waals surface area contributed by atoms with Gasteiger partial charge in [0.05, 0.1) is 25.2 Å². The highest BCUT2D eigenvalue weighted by atomic mass is 16.5. The van der Waals surface area contributed by atoms with Crippen LogP contribution in [-0.4, -0.2) is 84.2 Å². The summed E-state index contributed by atoms with van der Waals surface area (Å²) >= 11 is 0. The van der Waals surface area contributed by atoms with Gasteiger partial charge in [-0.25, -0.2) is 0 Å². The number of hydrogen-bond donors (Lipinski definition) is 3. The molecule has 2 amide bonds. The monoisotopic (exact) mass is 392 g/mol. The zero-order chi connectivity index (χ0) is 20.1. The SMILES string of the molecule is COC[C@H]1CCCN1C(=O)C[C@@H]1O[C@H](CNC(=O)c2ccccc2)[C@@H](O)[C@H]1O. The Hall–Kier alpha value is -2.00. The predicted octanol–water partition coefficient (Wildman–Crippen LogP) is -0.0669. The van der Waals surface area contributed by atoms with Crippen LogP contribution in [0.5, 0.6) is 0 Å². The first-order valence-corrected chi connectivity index (χ1v) is 9.64. The number of ether oxygens (including phenoxy) is 2. The molecular formula is C20H28N2O6. The third-order valence-corrected chi connectivity index (χ3v) is 5.39. The van der Waals surface area contributed by atoms with Gasteiger partial charge in [-0.3, -0.25) is 9.59 Å². The fourth-order valence-corrected chi connectivity index (χ4v) is 3.87. The number of hydrogen-bond acceptors (Lipinski definition) is 6. The van der Waals surface area contributed by atoms with Gasteiger partial charge in [-0.05, 0) is 25.0 Å². The largest absolute Gasteiger partial charge is 0.388 e. The van der Waals surface area contributed by atoms with Crippen LogP contribution < -0.4 is 5.32 Å². The standard InChI is InChI=1S/C20H28N2O6/c1-27-12-14-8-5-9-22(14)17(23)10-15-18(24)19(25)16(28-15)11-21-20(26)13-6-3-2-4-7-13/h2-4,6-7,14-16,18-19,24-25H,5,8-12H2,1H3,(H,21,26)/t14-,15+,16-,18+,19-/m1/s1. The van der Waals surface area contributed by atoms with Gasteiger partial charge in [0.25, 0.3) is 5.91 Å². The van der Waals surface area contributed by atoms with Crippen molar-refractivity contribution in [2.75, 3.05) is 26.8 Å². The molecule has 0 spiro atoms. The van der Waals surface area contributed by atoms with E-state index in [9.17, 15) is 19.8 Å². The fourth-order valence-electron chi connectivity index (χ4n) is 3.87. The summed E-state index contributed by atoms with van der Waals surface area (Å²) in [6.45, 7) is 1.19. The highest BCUT2D eigenvalue weighted by molar-refractivity contribution is 5.94. The van der Waals surface area contributed by atoms with Crippen molar-refractivity contribution in [3.05, 3.63) is 35.9 Å². The van der Waals surface area contributed by atoms with E-state index in [-0.39, 0.29) is 30.8 Å². The van der Waals surface area contributed by atoms with Gasteiger partial charge in [0, 0.05) is 25.8 Å². The third kappa shape index (κ3) is 4.70. The quantitative estimate of drug-likeness (QED) is 0.600. The van der Waals surface area contributed by atoms with Crippen molar-refractivity contribution in [1.82, 2.24) is 10.2 Å². The Kier molecular flexibility index (Phi) is 7.01. The molecule has 1 aromatic rings. The summed E-state index contributed by atoms with van der Waals surface area (Å²) in [4.78, 5) is 26.5. The minimum Gasteiger partial charge on any atom is -0.388 e. The highest BCUT2D eigenvalue weighted by Crippen LogP contribution is 2.26. The molecule has 0 aromatic heterocycles. The molecule has 2 aliphatic heterocycles. The molecule has 0 unspecified atom stereocenters. The van der Waals surface area contributed by atoms with Crippen molar-refractivity contribution in [2.45, 2.75) is 49.7 Å². The second-order valence-electron chi connectivity index (χ2n) is 7.31. The number of benzene rings is 1. The number of likely N-dealkylation sites (tertiary alicyclic amines) is 1. The molecule has 0 bridgehead atoms. The van der Waals surface area contributed by atoms with Crippen LogP contribution >= 0.6 is 0 Å². The van der Waals surface area contributed by atoms with Crippen molar-refractivity contribution in [3.8, 4) is 0 Å². The Labute approximate surface area is 164 Å². The highest BCUT2D eigenvalue weighted by Gasteiger charge is 2.44. The van der Waals surface area contributed by atoms with Crippen LogP contribution in [0.3, 0.4) is 0 Å². The summed E-state index contributed by atoms with van der Waals surface area (Å²) in [5.74, 6) is -0.408. The first-order chi connectivity index (χ1) is 13.5. The van der Waals surface area contributed by atoms with Gasteiger partial charge >= 0.3 is 0 Å². The smallest absolute Gasteiger partial charge is 0.251 e. The Bertz CT molecular complexity index is 670. The number of carbonyl (C=O) groups is 2. The molecule has 154 valence electrons. The summed E-state index contributed by atoms with van der Waals surface area (Å²) in [5.41, 5.74) is 0.500. The van der Waals surface area contributed by atoms with Gasteiger partial charge in [-0.2, -0.15) is 0 Å². The number of carbonyl (C=O) groups excluding carboxylic acids is 2. The van der Waals surface area contributed by atoms with Crippen molar-refractivity contribution in [2.24, 2.45) is 0 Å². The third-order valence-electron chi connectivity index (χ3n) is 5.39. The Balaban J connectivity index is 1.52. The van der Waals surface area contributed by atoms with Crippen LogP contribution in [0.2, 0.25) is 0 Å². The van der Waals surface area contributed by atoms with Crippen LogP contribution in [0.4, 0.5) is 0 Å². The zero-order valence-electron chi connectivity index (χ0n) is 16.0. The molecule has 8 heteroatoms. The minimum atomic E-state index is -1.17. The van der Waals surface area contributed by atoms with E-state index in [2.05, 4.69) is 5.32 Å². The van der Waals surface area contributed by atoms with E-state index in [1.807, 2.05) is 6.07 Å². The summed E-state index contributed by atoms with van der Waals surface area (Å²) < 4.78 is 10.9. The Morgan fingerprint density at radius 2 is 1.93 bits per heavy atom. The maximum Gasteiger partial charge on any atom is 0.251 e. The summed E-state index contributed by atoms with van der Waals surface area (Å²) in [6, 6.07) is 8.75. The molecule has 0 radical (unpaired) electrons. The number of methoxy groups -OCH3 is 1. The van der Waals surface area contributed by atoms with Crippen LogP contribution in [0.1, 0.15) is 29.6 Å². The number of aliphatic hydroxyl groups excluding tert-OH is 2. The molecule has 0 saturated carbocycles. The maximum atomic E-state index is 12.6. The van der Waals surface area contributed by atoms with Crippen molar-refractivity contribution < 1.29 is 29.3 Å². The van der Waals surface area contributed by atoms with E-state index < -0.39 is 24.4 Å². The molecule has 5 atom stereocenters. The van der Waals surface area contributed by atoms with Gasteiger partial charge < -0.3 is 29.9 Å². The zero-order valence-corrected chi connectivity index (χ0v) is 16.0. The summed E-state index contributed by atoms with van der Waals surface area (Å²) in [7, 11) is 1.61. The molecule has 28 heavy (non-hydrogen) atoms. The molecule has 2 aliphatic rings. The number of aliphatic hydroxyl groups is 2. The van der Waals surface area contributed by atoms with Crippen LogP contribution in [-0.2, 0) is 14.3 Å². The van der Waals surface area contributed by atoms with Gasteiger partial charge in [0.1, 0.15) is 18.3 Å². The van der Waals surface area contributed by atoms with Gasteiger partial charge in [-0.15, -0.1) is 0 Å². The molecule has 0 aliphatic carbocycles. The number of rotatable bonds is 7. The first-order valence-electron chi connectivity index (χ1n) is 9.64. The average molecular weight is 392 g/mol. The Morgan fingerprint density at radius 3 is 2.64 bits per heavy atom. The van der Waals surface area contributed by atoms with Crippen molar-refractivity contribution >= 4 is 11.8 Å².